The van der Waals surface area contributed by atoms with E-state index in [1.54, 1.807) is 0 Å². The van der Waals surface area contributed by atoms with E-state index in [9.17, 15) is 0 Å². The summed E-state index contributed by atoms with van der Waals surface area (Å²) >= 11 is 9.56. The minimum absolute atomic E-state index is 0.0733. The molecule has 90 valence electrons. The fraction of sp³-hybridized carbons (Fsp3) is 0.667. The van der Waals surface area contributed by atoms with Gasteiger partial charge in [-0.1, -0.05) is 46.2 Å². The van der Waals surface area contributed by atoms with Crippen molar-refractivity contribution in [3.8, 4) is 0 Å². The predicted molar refractivity (Wildman–Crippen MR) is 72.0 cm³/mol. The average Bonchev–Trinajstić information content (AvgIpc) is 2.10. The molecular weight excluding hydrogens is 288 g/mol. The Hall–Kier alpha value is -0.150. The Labute approximate surface area is 111 Å². The van der Waals surface area contributed by atoms with Gasteiger partial charge in [-0.2, -0.15) is 0 Å². The molecule has 16 heavy (non-hydrogen) atoms. The second-order valence-electron chi connectivity index (χ2n) is 5.45. The molecule has 0 amide bonds. The Bertz CT molecular complexity index is 383. The molecule has 0 radical (unpaired) electrons. The molecule has 4 heteroatoms. The first kappa shape index (κ1) is 13.9. The lowest BCUT2D eigenvalue weighted by Crippen LogP contribution is -2.18. The van der Waals surface area contributed by atoms with Crippen molar-refractivity contribution in [1.29, 1.82) is 0 Å². The molecule has 1 heterocycles. The second kappa shape index (κ2) is 5.01. The molecule has 1 aromatic rings. The predicted octanol–water partition coefficient (Wildman–Crippen LogP) is 4.39. The summed E-state index contributed by atoms with van der Waals surface area (Å²) in [5.41, 5.74) is 0.927. The van der Waals surface area contributed by atoms with Crippen LogP contribution in [0.25, 0.3) is 0 Å². The summed E-state index contributed by atoms with van der Waals surface area (Å²) in [7, 11) is 0. The van der Waals surface area contributed by atoms with Crippen LogP contribution in [0.2, 0.25) is 5.15 Å². The van der Waals surface area contributed by atoms with Crippen LogP contribution in [0.15, 0.2) is 4.47 Å². The maximum atomic E-state index is 6.11. The molecule has 0 fully saturated rings. The van der Waals surface area contributed by atoms with Gasteiger partial charge in [0.2, 0.25) is 0 Å². The van der Waals surface area contributed by atoms with Crippen LogP contribution in [0.1, 0.15) is 46.1 Å². The minimum atomic E-state index is -0.0733. The molecule has 0 N–H and O–H groups in total. The van der Waals surface area contributed by atoms with Gasteiger partial charge in [-0.3, -0.25) is 0 Å². The lowest BCUT2D eigenvalue weighted by molar-refractivity contribution is 0.534. The van der Waals surface area contributed by atoms with E-state index in [1.165, 1.54) is 0 Å². The Kier molecular flexibility index (Phi) is 4.35. The third kappa shape index (κ3) is 3.42. The van der Waals surface area contributed by atoms with Crippen LogP contribution in [0, 0.1) is 5.92 Å². The van der Waals surface area contributed by atoms with E-state index in [0.29, 0.717) is 11.1 Å². The van der Waals surface area contributed by atoms with Crippen molar-refractivity contribution in [3.05, 3.63) is 21.1 Å². The van der Waals surface area contributed by atoms with Crippen LogP contribution in [-0.4, -0.2) is 9.97 Å². The summed E-state index contributed by atoms with van der Waals surface area (Å²) in [5.74, 6) is 1.35. The Balaban J connectivity index is 3.22. The maximum absolute atomic E-state index is 6.11. The summed E-state index contributed by atoms with van der Waals surface area (Å²) < 4.78 is 0.830. The smallest absolute Gasteiger partial charge is 0.147 e. The Morgan fingerprint density at radius 3 is 2.25 bits per heavy atom. The number of hydrogen-bond donors (Lipinski definition) is 0. The summed E-state index contributed by atoms with van der Waals surface area (Å²) in [6.45, 7) is 10.6. The quantitative estimate of drug-likeness (QED) is 0.757. The number of aromatic nitrogens is 2. The Morgan fingerprint density at radius 1 is 1.25 bits per heavy atom. The van der Waals surface area contributed by atoms with E-state index < -0.39 is 0 Å². The van der Waals surface area contributed by atoms with Gasteiger partial charge in [-0.15, -0.1) is 0 Å². The lowest BCUT2D eigenvalue weighted by atomic mass is 9.95. The van der Waals surface area contributed by atoms with Crippen LogP contribution in [0.3, 0.4) is 0 Å². The molecule has 1 rings (SSSR count). The molecule has 0 saturated heterocycles. The van der Waals surface area contributed by atoms with Crippen molar-refractivity contribution < 1.29 is 0 Å². The minimum Gasteiger partial charge on any atom is -0.236 e. The first-order valence-electron chi connectivity index (χ1n) is 5.44. The van der Waals surface area contributed by atoms with Gasteiger partial charge < -0.3 is 0 Å². The van der Waals surface area contributed by atoms with Crippen molar-refractivity contribution in [3.63, 3.8) is 0 Å². The number of halogens is 2. The van der Waals surface area contributed by atoms with Crippen LogP contribution in [-0.2, 0) is 11.8 Å². The van der Waals surface area contributed by atoms with E-state index in [-0.39, 0.29) is 5.41 Å². The second-order valence-corrected chi connectivity index (χ2v) is 6.60. The van der Waals surface area contributed by atoms with E-state index in [0.717, 1.165) is 22.4 Å². The summed E-state index contributed by atoms with van der Waals surface area (Å²) in [6.07, 6.45) is 0.909. The van der Waals surface area contributed by atoms with E-state index in [2.05, 4.69) is 60.5 Å². The average molecular weight is 306 g/mol. The summed E-state index contributed by atoms with van der Waals surface area (Å²) in [5, 5.41) is 0.510. The highest BCUT2D eigenvalue weighted by Crippen LogP contribution is 2.28. The summed E-state index contributed by atoms with van der Waals surface area (Å²) in [6, 6.07) is 0. The summed E-state index contributed by atoms with van der Waals surface area (Å²) in [4.78, 5) is 8.92. The zero-order valence-corrected chi connectivity index (χ0v) is 12.8. The fourth-order valence-corrected chi connectivity index (χ4v) is 1.85. The van der Waals surface area contributed by atoms with Gasteiger partial charge in [0.15, 0.2) is 0 Å². The van der Waals surface area contributed by atoms with Gasteiger partial charge >= 0.3 is 0 Å². The highest BCUT2D eigenvalue weighted by Gasteiger charge is 2.21. The molecule has 0 unspecified atom stereocenters. The van der Waals surface area contributed by atoms with Crippen LogP contribution in [0.4, 0.5) is 0 Å². The van der Waals surface area contributed by atoms with E-state index in [4.69, 9.17) is 11.6 Å². The molecule has 0 spiro atoms. The molecule has 2 nitrogen and oxygen atoms in total. The maximum Gasteiger partial charge on any atom is 0.147 e. The standard InChI is InChI=1S/C12H18BrClN2/c1-7(2)6-8-9(13)10(14)16-11(15-8)12(3,4)5/h7H,6H2,1-5H3. The van der Waals surface area contributed by atoms with Crippen molar-refractivity contribution in [2.45, 2.75) is 46.5 Å². The highest BCUT2D eigenvalue weighted by atomic mass is 79.9. The van der Waals surface area contributed by atoms with Gasteiger partial charge in [0.25, 0.3) is 0 Å². The normalized spacial score (nSPS) is 12.2. The molecule has 0 aliphatic carbocycles. The van der Waals surface area contributed by atoms with Crippen molar-refractivity contribution in [1.82, 2.24) is 9.97 Å². The van der Waals surface area contributed by atoms with Crippen molar-refractivity contribution >= 4 is 27.5 Å². The first-order chi connectivity index (χ1) is 7.21. The van der Waals surface area contributed by atoms with Crippen LogP contribution < -0.4 is 0 Å². The van der Waals surface area contributed by atoms with E-state index >= 15 is 0 Å². The largest absolute Gasteiger partial charge is 0.236 e. The van der Waals surface area contributed by atoms with Gasteiger partial charge in [0, 0.05) is 5.41 Å². The number of nitrogens with zero attached hydrogens (tertiary/aromatic N) is 2. The van der Waals surface area contributed by atoms with Gasteiger partial charge in [0.05, 0.1) is 10.2 Å². The molecular formula is C12H18BrClN2. The lowest BCUT2D eigenvalue weighted by Gasteiger charge is -2.19. The number of hydrogen-bond acceptors (Lipinski definition) is 2. The fourth-order valence-electron chi connectivity index (χ4n) is 1.32. The van der Waals surface area contributed by atoms with Gasteiger partial charge in [0.1, 0.15) is 11.0 Å². The van der Waals surface area contributed by atoms with E-state index in [1.807, 2.05) is 0 Å². The third-order valence-corrected chi connectivity index (χ3v) is 3.49. The highest BCUT2D eigenvalue weighted by molar-refractivity contribution is 9.10. The van der Waals surface area contributed by atoms with Crippen molar-refractivity contribution in [2.24, 2.45) is 5.92 Å². The molecule has 0 aliphatic rings. The number of rotatable bonds is 2. The van der Waals surface area contributed by atoms with Crippen LogP contribution in [0.5, 0.6) is 0 Å². The first-order valence-corrected chi connectivity index (χ1v) is 6.61. The third-order valence-electron chi connectivity index (χ3n) is 2.15. The molecule has 0 saturated carbocycles. The topological polar surface area (TPSA) is 25.8 Å². The SMILES string of the molecule is CC(C)Cc1nc(C(C)(C)C)nc(Cl)c1Br. The van der Waals surface area contributed by atoms with Gasteiger partial charge in [-0.25, -0.2) is 9.97 Å². The Morgan fingerprint density at radius 2 is 1.81 bits per heavy atom. The van der Waals surface area contributed by atoms with Gasteiger partial charge in [-0.05, 0) is 28.3 Å². The monoisotopic (exact) mass is 304 g/mol. The zero-order chi connectivity index (χ0) is 12.5. The molecule has 0 aliphatic heterocycles. The zero-order valence-electron chi connectivity index (χ0n) is 10.4. The molecule has 0 atom stereocenters. The molecule has 0 aromatic carbocycles. The van der Waals surface area contributed by atoms with Crippen LogP contribution >= 0.6 is 27.5 Å². The molecule has 1 aromatic heterocycles. The van der Waals surface area contributed by atoms with Crippen molar-refractivity contribution in [2.75, 3.05) is 0 Å². The molecule has 0 bridgehead atoms.